The second kappa shape index (κ2) is 7.45. The molecule has 0 aromatic heterocycles. The number of benzene rings is 1. The zero-order valence-electron chi connectivity index (χ0n) is 11.5. The average Bonchev–Trinajstić information content (AvgIpc) is 2.44. The highest BCUT2D eigenvalue weighted by Gasteiger charge is 2.22. The van der Waals surface area contributed by atoms with Gasteiger partial charge in [0.1, 0.15) is 18.5 Å². The van der Waals surface area contributed by atoms with Gasteiger partial charge in [0.25, 0.3) is 0 Å². The van der Waals surface area contributed by atoms with Gasteiger partial charge in [0.15, 0.2) is 0 Å². The number of hydrogen-bond donors (Lipinski definition) is 4. The first kappa shape index (κ1) is 15.9. The lowest BCUT2D eigenvalue weighted by Gasteiger charge is -2.27. The highest BCUT2D eigenvalue weighted by atomic mass is 16.5. The summed E-state index contributed by atoms with van der Waals surface area (Å²) in [5, 5.41) is 30.9. The van der Waals surface area contributed by atoms with Gasteiger partial charge in [-0.05, 0) is 25.5 Å². The van der Waals surface area contributed by atoms with Crippen LogP contribution in [0.1, 0.15) is 12.5 Å². The summed E-state index contributed by atoms with van der Waals surface area (Å²) >= 11 is 0. The molecular formula is C14H23NO4. The van der Waals surface area contributed by atoms with E-state index >= 15 is 0 Å². The number of hydrogen-bond acceptors (Lipinski definition) is 5. The van der Waals surface area contributed by atoms with Crippen LogP contribution in [0.4, 0.5) is 0 Å². The van der Waals surface area contributed by atoms with Crippen molar-refractivity contribution in [3.63, 3.8) is 0 Å². The summed E-state index contributed by atoms with van der Waals surface area (Å²) in [5.41, 5.74) is 0.224. The molecule has 0 amide bonds. The van der Waals surface area contributed by atoms with Crippen LogP contribution in [0.2, 0.25) is 0 Å². The van der Waals surface area contributed by atoms with Crippen molar-refractivity contribution in [1.82, 2.24) is 5.32 Å². The standard InChI is InChI=1S/C14H23NO4/c1-11-5-3-4-6-13(11)19-8-12(18)7-15-14(2,9-16)10-17/h3-6,12,15-18H,7-10H2,1-2H3. The molecule has 0 aliphatic rings. The Hall–Kier alpha value is -1.14. The first-order chi connectivity index (χ1) is 9.00. The molecule has 0 radical (unpaired) electrons. The second-order valence-electron chi connectivity index (χ2n) is 4.99. The van der Waals surface area contributed by atoms with E-state index in [4.69, 9.17) is 14.9 Å². The quantitative estimate of drug-likeness (QED) is 0.537. The summed E-state index contributed by atoms with van der Waals surface area (Å²) in [5.74, 6) is 0.744. The zero-order chi connectivity index (χ0) is 14.3. The van der Waals surface area contributed by atoms with Crippen molar-refractivity contribution >= 4 is 0 Å². The molecule has 1 aromatic rings. The Morgan fingerprint density at radius 2 is 1.89 bits per heavy atom. The number of β-amino-alcohol motifs (C(OH)–C–C–N with tert-alkyl or cyclic N) is 1. The molecule has 1 unspecified atom stereocenters. The Labute approximate surface area is 113 Å². The zero-order valence-corrected chi connectivity index (χ0v) is 11.5. The van der Waals surface area contributed by atoms with Gasteiger partial charge in [-0.1, -0.05) is 18.2 Å². The molecule has 5 nitrogen and oxygen atoms in total. The molecule has 1 atom stereocenters. The first-order valence-electron chi connectivity index (χ1n) is 6.34. The van der Waals surface area contributed by atoms with Crippen LogP contribution in [0.3, 0.4) is 0 Å². The lowest BCUT2D eigenvalue weighted by atomic mass is 10.1. The fourth-order valence-electron chi connectivity index (χ4n) is 1.49. The van der Waals surface area contributed by atoms with Crippen molar-refractivity contribution in [2.75, 3.05) is 26.4 Å². The van der Waals surface area contributed by atoms with E-state index in [1.165, 1.54) is 0 Å². The van der Waals surface area contributed by atoms with Crippen molar-refractivity contribution in [2.24, 2.45) is 0 Å². The Bertz CT molecular complexity index is 379. The van der Waals surface area contributed by atoms with E-state index in [2.05, 4.69) is 5.32 Å². The van der Waals surface area contributed by atoms with Crippen molar-refractivity contribution < 1.29 is 20.1 Å². The molecule has 0 aliphatic heterocycles. The van der Waals surface area contributed by atoms with Crippen molar-refractivity contribution in [3.8, 4) is 5.75 Å². The third-order valence-electron chi connectivity index (χ3n) is 2.99. The number of aliphatic hydroxyl groups is 3. The van der Waals surface area contributed by atoms with E-state index in [1.807, 2.05) is 31.2 Å². The Balaban J connectivity index is 2.36. The largest absolute Gasteiger partial charge is 0.491 e. The van der Waals surface area contributed by atoms with E-state index in [0.717, 1.165) is 11.3 Å². The van der Waals surface area contributed by atoms with Gasteiger partial charge >= 0.3 is 0 Å². The predicted molar refractivity (Wildman–Crippen MR) is 73.3 cm³/mol. The van der Waals surface area contributed by atoms with Gasteiger partial charge in [0.2, 0.25) is 0 Å². The molecule has 1 aromatic carbocycles. The molecule has 1 rings (SSSR count). The Morgan fingerprint density at radius 3 is 2.47 bits per heavy atom. The monoisotopic (exact) mass is 269 g/mol. The molecule has 19 heavy (non-hydrogen) atoms. The minimum absolute atomic E-state index is 0.158. The molecule has 0 spiro atoms. The second-order valence-corrected chi connectivity index (χ2v) is 4.99. The van der Waals surface area contributed by atoms with Crippen molar-refractivity contribution in [3.05, 3.63) is 29.8 Å². The molecule has 0 saturated heterocycles. The summed E-state index contributed by atoms with van der Waals surface area (Å²) in [6.07, 6.45) is -0.711. The molecule has 5 heteroatoms. The van der Waals surface area contributed by atoms with E-state index in [-0.39, 0.29) is 26.4 Å². The average molecular weight is 269 g/mol. The summed E-state index contributed by atoms with van der Waals surface area (Å²) in [7, 11) is 0. The van der Waals surface area contributed by atoms with Gasteiger partial charge in [-0.2, -0.15) is 0 Å². The molecular weight excluding hydrogens is 246 g/mol. The van der Waals surface area contributed by atoms with Crippen LogP contribution in [0.25, 0.3) is 0 Å². The maximum absolute atomic E-state index is 9.80. The van der Waals surface area contributed by atoms with Gasteiger partial charge in [-0.15, -0.1) is 0 Å². The van der Waals surface area contributed by atoms with Gasteiger partial charge in [-0.3, -0.25) is 0 Å². The third kappa shape index (κ3) is 5.16. The van der Waals surface area contributed by atoms with E-state index in [1.54, 1.807) is 6.92 Å². The van der Waals surface area contributed by atoms with Crippen LogP contribution < -0.4 is 10.1 Å². The van der Waals surface area contributed by atoms with Crippen LogP contribution in [0, 0.1) is 6.92 Å². The van der Waals surface area contributed by atoms with E-state index in [9.17, 15) is 5.11 Å². The predicted octanol–water partition coefficient (Wildman–Crippen LogP) is 0.0676. The van der Waals surface area contributed by atoms with Gasteiger partial charge in [-0.25, -0.2) is 0 Å². The number of nitrogens with one attached hydrogen (secondary N) is 1. The lowest BCUT2D eigenvalue weighted by Crippen LogP contribution is -2.52. The van der Waals surface area contributed by atoms with Gasteiger partial charge < -0.3 is 25.4 Å². The molecule has 0 fully saturated rings. The van der Waals surface area contributed by atoms with E-state index < -0.39 is 11.6 Å². The first-order valence-corrected chi connectivity index (χ1v) is 6.34. The molecule has 108 valence electrons. The number of aryl methyl sites for hydroxylation is 1. The Morgan fingerprint density at radius 1 is 1.26 bits per heavy atom. The molecule has 0 heterocycles. The van der Waals surface area contributed by atoms with Gasteiger partial charge in [0, 0.05) is 6.54 Å². The highest BCUT2D eigenvalue weighted by molar-refractivity contribution is 5.31. The fourth-order valence-corrected chi connectivity index (χ4v) is 1.49. The fraction of sp³-hybridized carbons (Fsp3) is 0.571. The van der Waals surface area contributed by atoms with Crippen LogP contribution >= 0.6 is 0 Å². The minimum atomic E-state index is -0.788. The maximum atomic E-state index is 9.80. The normalized spacial score (nSPS) is 13.3. The minimum Gasteiger partial charge on any atom is -0.491 e. The number of para-hydroxylation sites is 1. The summed E-state index contributed by atoms with van der Waals surface area (Å²) in [6, 6.07) is 7.59. The summed E-state index contributed by atoms with van der Waals surface area (Å²) < 4.78 is 5.52. The summed E-state index contributed by atoms with van der Waals surface area (Å²) in [6.45, 7) is 3.62. The van der Waals surface area contributed by atoms with Crippen LogP contribution in [-0.4, -0.2) is 53.3 Å². The lowest BCUT2D eigenvalue weighted by molar-refractivity contribution is 0.0664. The van der Waals surface area contributed by atoms with Crippen molar-refractivity contribution in [1.29, 1.82) is 0 Å². The number of rotatable bonds is 8. The molecule has 0 saturated carbocycles. The highest BCUT2D eigenvalue weighted by Crippen LogP contribution is 2.16. The summed E-state index contributed by atoms with van der Waals surface area (Å²) in [4.78, 5) is 0. The van der Waals surface area contributed by atoms with Crippen molar-refractivity contribution in [2.45, 2.75) is 25.5 Å². The molecule has 0 bridgehead atoms. The van der Waals surface area contributed by atoms with Gasteiger partial charge in [0.05, 0.1) is 18.8 Å². The number of ether oxygens (including phenoxy) is 1. The van der Waals surface area contributed by atoms with E-state index in [0.29, 0.717) is 0 Å². The number of aliphatic hydroxyl groups excluding tert-OH is 3. The van der Waals surface area contributed by atoms with Crippen LogP contribution in [0.5, 0.6) is 5.75 Å². The third-order valence-corrected chi connectivity index (χ3v) is 2.99. The smallest absolute Gasteiger partial charge is 0.122 e. The maximum Gasteiger partial charge on any atom is 0.122 e. The molecule has 4 N–H and O–H groups in total. The SMILES string of the molecule is Cc1ccccc1OCC(O)CNC(C)(CO)CO. The van der Waals surface area contributed by atoms with Crippen LogP contribution in [0.15, 0.2) is 24.3 Å². The topological polar surface area (TPSA) is 82.0 Å². The van der Waals surface area contributed by atoms with Crippen LogP contribution in [-0.2, 0) is 0 Å². The Kier molecular flexibility index (Phi) is 6.24. The molecule has 0 aliphatic carbocycles.